The number of aldehydes is 1. The molecule has 0 aliphatic carbocycles. The van der Waals surface area contributed by atoms with Crippen molar-refractivity contribution in [2.24, 2.45) is 0 Å². The van der Waals surface area contributed by atoms with Gasteiger partial charge in [-0.15, -0.1) is 0 Å². The minimum atomic E-state index is -0.637. The molecule has 0 fully saturated rings. The van der Waals surface area contributed by atoms with E-state index < -0.39 is 11.6 Å². The molecule has 0 radical (unpaired) electrons. The SMILES string of the molecule is COc1ccc(-c2c(F)cccc2C=O)c(F)c1. The maximum atomic E-state index is 13.9. The topological polar surface area (TPSA) is 26.3 Å². The van der Waals surface area contributed by atoms with Gasteiger partial charge in [0.25, 0.3) is 0 Å². The molecule has 92 valence electrons. The van der Waals surface area contributed by atoms with Gasteiger partial charge in [-0.1, -0.05) is 12.1 Å². The predicted octanol–water partition coefficient (Wildman–Crippen LogP) is 3.45. The standard InChI is InChI=1S/C14H10F2O2/c1-18-10-5-6-11(13(16)7-10)14-9(8-17)3-2-4-12(14)15/h2-8H,1H3. The third-order valence-electron chi connectivity index (χ3n) is 2.62. The monoisotopic (exact) mass is 248 g/mol. The molecule has 0 aliphatic rings. The molecular formula is C14H10F2O2. The Balaban J connectivity index is 2.65. The first kappa shape index (κ1) is 12.2. The van der Waals surface area contributed by atoms with E-state index in [9.17, 15) is 13.6 Å². The Kier molecular flexibility index (Phi) is 3.37. The van der Waals surface area contributed by atoms with Crippen LogP contribution < -0.4 is 4.74 Å². The van der Waals surface area contributed by atoms with E-state index in [2.05, 4.69) is 0 Å². The Morgan fingerprint density at radius 3 is 2.50 bits per heavy atom. The van der Waals surface area contributed by atoms with Crippen LogP contribution in [0.1, 0.15) is 10.4 Å². The van der Waals surface area contributed by atoms with E-state index >= 15 is 0 Å². The zero-order chi connectivity index (χ0) is 13.1. The summed E-state index contributed by atoms with van der Waals surface area (Å²) in [5, 5.41) is 0. The minimum Gasteiger partial charge on any atom is -0.497 e. The molecule has 2 aromatic carbocycles. The summed E-state index contributed by atoms with van der Waals surface area (Å²) in [5.74, 6) is -0.938. The van der Waals surface area contributed by atoms with Crippen molar-refractivity contribution >= 4 is 6.29 Å². The summed E-state index contributed by atoms with van der Waals surface area (Å²) < 4.78 is 32.5. The van der Waals surface area contributed by atoms with Gasteiger partial charge < -0.3 is 4.74 Å². The summed E-state index contributed by atoms with van der Waals surface area (Å²) in [6.45, 7) is 0. The van der Waals surface area contributed by atoms with Gasteiger partial charge in [-0.25, -0.2) is 8.78 Å². The highest BCUT2D eigenvalue weighted by molar-refractivity contribution is 5.88. The number of methoxy groups -OCH3 is 1. The number of hydrogen-bond donors (Lipinski definition) is 0. The van der Waals surface area contributed by atoms with Crippen LogP contribution in [0.3, 0.4) is 0 Å². The first-order chi connectivity index (χ1) is 8.67. The maximum absolute atomic E-state index is 13.9. The average molecular weight is 248 g/mol. The van der Waals surface area contributed by atoms with Gasteiger partial charge in [0.05, 0.1) is 7.11 Å². The van der Waals surface area contributed by atoms with Crippen LogP contribution in [0, 0.1) is 11.6 Å². The fraction of sp³-hybridized carbons (Fsp3) is 0.0714. The molecule has 0 saturated heterocycles. The maximum Gasteiger partial charge on any atom is 0.150 e. The van der Waals surface area contributed by atoms with Crippen molar-refractivity contribution < 1.29 is 18.3 Å². The molecular weight excluding hydrogens is 238 g/mol. The van der Waals surface area contributed by atoms with Crippen molar-refractivity contribution in [2.75, 3.05) is 7.11 Å². The van der Waals surface area contributed by atoms with Gasteiger partial charge >= 0.3 is 0 Å². The van der Waals surface area contributed by atoms with Crippen LogP contribution >= 0.6 is 0 Å². The predicted molar refractivity (Wildman–Crippen MR) is 63.7 cm³/mol. The molecule has 0 spiro atoms. The normalized spacial score (nSPS) is 10.2. The lowest BCUT2D eigenvalue weighted by atomic mass is 9.99. The number of hydrogen-bond acceptors (Lipinski definition) is 2. The highest BCUT2D eigenvalue weighted by Crippen LogP contribution is 2.30. The number of benzene rings is 2. The number of carbonyl (C=O) groups excluding carboxylic acids is 1. The Morgan fingerprint density at radius 2 is 1.89 bits per heavy atom. The van der Waals surface area contributed by atoms with Gasteiger partial charge in [-0.05, 0) is 18.2 Å². The lowest BCUT2D eigenvalue weighted by molar-refractivity contribution is 0.112. The van der Waals surface area contributed by atoms with E-state index in [1.165, 1.54) is 37.4 Å². The second kappa shape index (κ2) is 4.96. The van der Waals surface area contributed by atoms with Crippen molar-refractivity contribution in [1.82, 2.24) is 0 Å². The third-order valence-corrected chi connectivity index (χ3v) is 2.62. The molecule has 4 heteroatoms. The van der Waals surface area contributed by atoms with E-state index in [4.69, 9.17) is 4.74 Å². The second-order valence-corrected chi connectivity index (χ2v) is 3.67. The molecule has 0 aliphatic heterocycles. The summed E-state index contributed by atoms with van der Waals surface area (Å²) >= 11 is 0. The molecule has 0 heterocycles. The first-order valence-electron chi connectivity index (χ1n) is 5.25. The minimum absolute atomic E-state index is 0.0346. The average Bonchev–Trinajstić information content (AvgIpc) is 2.39. The molecule has 2 rings (SSSR count). The molecule has 0 amide bonds. The lowest BCUT2D eigenvalue weighted by Crippen LogP contribution is -1.95. The van der Waals surface area contributed by atoms with E-state index in [0.29, 0.717) is 12.0 Å². The van der Waals surface area contributed by atoms with E-state index in [1.807, 2.05) is 0 Å². The summed E-state index contributed by atoms with van der Waals surface area (Å²) in [6, 6.07) is 8.08. The Bertz CT molecular complexity index is 594. The number of rotatable bonds is 3. The summed E-state index contributed by atoms with van der Waals surface area (Å²) in [5.41, 5.74) is 0.114. The van der Waals surface area contributed by atoms with Crippen LogP contribution in [0.4, 0.5) is 8.78 Å². The van der Waals surface area contributed by atoms with Gasteiger partial charge in [0, 0.05) is 22.8 Å². The van der Waals surface area contributed by atoms with E-state index in [0.717, 1.165) is 6.07 Å². The molecule has 2 nitrogen and oxygen atoms in total. The molecule has 18 heavy (non-hydrogen) atoms. The Morgan fingerprint density at radius 1 is 1.11 bits per heavy atom. The number of halogens is 2. The molecule has 0 saturated carbocycles. The third kappa shape index (κ3) is 2.09. The van der Waals surface area contributed by atoms with Gasteiger partial charge in [0.15, 0.2) is 6.29 Å². The second-order valence-electron chi connectivity index (χ2n) is 3.67. The van der Waals surface area contributed by atoms with Gasteiger partial charge in [-0.2, -0.15) is 0 Å². The highest BCUT2D eigenvalue weighted by atomic mass is 19.1. The molecule has 0 N–H and O–H groups in total. The van der Waals surface area contributed by atoms with Gasteiger partial charge in [0.2, 0.25) is 0 Å². The fourth-order valence-electron chi connectivity index (χ4n) is 1.75. The zero-order valence-electron chi connectivity index (χ0n) is 9.61. The fourth-order valence-corrected chi connectivity index (χ4v) is 1.75. The first-order valence-corrected chi connectivity index (χ1v) is 5.25. The van der Waals surface area contributed by atoms with Crippen molar-refractivity contribution in [3.8, 4) is 16.9 Å². The van der Waals surface area contributed by atoms with Crippen LogP contribution in [0.25, 0.3) is 11.1 Å². The van der Waals surface area contributed by atoms with Gasteiger partial charge in [-0.3, -0.25) is 4.79 Å². The van der Waals surface area contributed by atoms with Crippen LogP contribution in [-0.2, 0) is 0 Å². The largest absolute Gasteiger partial charge is 0.497 e. The molecule has 0 aromatic heterocycles. The summed E-state index contributed by atoms with van der Waals surface area (Å²) in [6.07, 6.45) is 0.502. The van der Waals surface area contributed by atoms with Crippen molar-refractivity contribution in [2.45, 2.75) is 0 Å². The summed E-state index contributed by atoms with van der Waals surface area (Å²) in [4.78, 5) is 10.9. The van der Waals surface area contributed by atoms with Crippen molar-refractivity contribution in [3.63, 3.8) is 0 Å². The number of ether oxygens (including phenoxy) is 1. The quantitative estimate of drug-likeness (QED) is 0.777. The highest BCUT2D eigenvalue weighted by Gasteiger charge is 2.14. The molecule has 0 bridgehead atoms. The van der Waals surface area contributed by atoms with Crippen molar-refractivity contribution in [1.29, 1.82) is 0 Å². The van der Waals surface area contributed by atoms with Crippen molar-refractivity contribution in [3.05, 3.63) is 53.6 Å². The van der Waals surface area contributed by atoms with E-state index in [1.54, 1.807) is 0 Å². The lowest BCUT2D eigenvalue weighted by Gasteiger charge is -2.09. The zero-order valence-corrected chi connectivity index (χ0v) is 9.61. The van der Waals surface area contributed by atoms with Crippen LogP contribution in [0.2, 0.25) is 0 Å². The van der Waals surface area contributed by atoms with E-state index in [-0.39, 0.29) is 16.7 Å². The Hall–Kier alpha value is -2.23. The van der Waals surface area contributed by atoms with Gasteiger partial charge in [0.1, 0.15) is 17.4 Å². The Labute approximate surface area is 103 Å². The number of carbonyl (C=O) groups is 1. The molecule has 0 atom stereocenters. The molecule has 2 aromatic rings. The van der Waals surface area contributed by atoms with Crippen LogP contribution in [-0.4, -0.2) is 13.4 Å². The van der Waals surface area contributed by atoms with Crippen LogP contribution in [0.15, 0.2) is 36.4 Å². The summed E-state index contributed by atoms with van der Waals surface area (Å²) in [7, 11) is 1.41. The van der Waals surface area contributed by atoms with Crippen LogP contribution in [0.5, 0.6) is 5.75 Å². The smallest absolute Gasteiger partial charge is 0.150 e. The molecule has 0 unspecified atom stereocenters.